The van der Waals surface area contributed by atoms with Gasteiger partial charge >= 0.3 is 5.97 Å². The van der Waals surface area contributed by atoms with Gasteiger partial charge in [0.25, 0.3) is 11.9 Å². The molecule has 0 unspecified atom stereocenters. The second-order valence-corrected chi connectivity index (χ2v) is 10.0. The first-order valence-corrected chi connectivity index (χ1v) is 14.5. The molecule has 11 nitrogen and oxygen atoms in total. The minimum absolute atomic E-state index is 0.0468. The molecule has 3 heterocycles. The van der Waals surface area contributed by atoms with Crippen molar-refractivity contribution in [1.82, 2.24) is 34.2 Å². The number of imidazole rings is 1. The van der Waals surface area contributed by atoms with E-state index in [-0.39, 0.29) is 30.6 Å². The summed E-state index contributed by atoms with van der Waals surface area (Å²) in [6, 6.07) is 17.4. The van der Waals surface area contributed by atoms with Crippen molar-refractivity contribution in [1.29, 1.82) is 0 Å². The Bertz CT molecular complexity index is 1670. The van der Waals surface area contributed by atoms with Gasteiger partial charge in [-0.05, 0) is 43.0 Å². The van der Waals surface area contributed by atoms with Gasteiger partial charge < -0.3 is 18.9 Å². The van der Waals surface area contributed by atoms with Gasteiger partial charge in [-0.3, -0.25) is 4.79 Å². The molecule has 0 bridgehead atoms. The minimum Gasteiger partial charge on any atom is -0.471 e. The molecule has 43 heavy (non-hydrogen) atoms. The van der Waals surface area contributed by atoms with Crippen LogP contribution >= 0.6 is 0 Å². The van der Waals surface area contributed by atoms with E-state index in [1.165, 1.54) is 17.1 Å². The Morgan fingerprint density at radius 1 is 0.884 bits per heavy atom. The number of aromatic nitrogens is 6. The second kappa shape index (κ2) is 13.7. The van der Waals surface area contributed by atoms with Gasteiger partial charge in [-0.1, -0.05) is 56.3 Å². The summed E-state index contributed by atoms with van der Waals surface area (Å²) in [7, 11) is 0. The summed E-state index contributed by atoms with van der Waals surface area (Å²) in [6.07, 6.45) is 6.45. The van der Waals surface area contributed by atoms with Gasteiger partial charge in [-0.25, -0.2) is 14.5 Å². The van der Waals surface area contributed by atoms with E-state index in [1.807, 2.05) is 64.1 Å². The SMILES string of the molecule is CCCN(CCC)C(=O)c1ccc(Cn2cnc3nc(-n4cc(C(=O)OCC)cn4)nc(OCc4ccccc4)c32)cc1. The van der Waals surface area contributed by atoms with Crippen molar-refractivity contribution in [3.05, 3.63) is 95.6 Å². The summed E-state index contributed by atoms with van der Waals surface area (Å²) in [5, 5.41) is 4.26. The molecular formula is C32H35N7O4. The minimum atomic E-state index is -0.476. The van der Waals surface area contributed by atoms with Gasteiger partial charge in [-0.2, -0.15) is 15.1 Å². The third-order valence-corrected chi connectivity index (χ3v) is 6.77. The standard InChI is InChI=1S/C32H35N7O4/c1-4-16-37(17-5-2)30(40)25-14-12-23(13-15-25)19-38-22-33-28-27(38)29(43-21-24-10-8-7-9-11-24)36-32(35-28)39-20-26(18-34-39)31(41)42-6-3/h7-15,18,20,22H,4-6,16-17,19,21H2,1-3H3. The van der Waals surface area contributed by atoms with E-state index >= 15 is 0 Å². The monoisotopic (exact) mass is 581 g/mol. The fourth-order valence-electron chi connectivity index (χ4n) is 4.72. The number of amides is 1. The molecule has 1 amide bonds. The highest BCUT2D eigenvalue weighted by Crippen LogP contribution is 2.25. The number of hydrogen-bond acceptors (Lipinski definition) is 8. The van der Waals surface area contributed by atoms with E-state index in [1.54, 1.807) is 13.3 Å². The number of hydrogen-bond donors (Lipinski definition) is 0. The highest BCUT2D eigenvalue weighted by atomic mass is 16.5. The molecule has 0 aliphatic rings. The third kappa shape index (κ3) is 6.88. The fraction of sp³-hybridized carbons (Fsp3) is 0.312. The second-order valence-electron chi connectivity index (χ2n) is 10.0. The van der Waals surface area contributed by atoms with Crippen LogP contribution in [0.3, 0.4) is 0 Å². The van der Waals surface area contributed by atoms with Crippen LogP contribution in [0.5, 0.6) is 5.88 Å². The van der Waals surface area contributed by atoms with E-state index in [9.17, 15) is 9.59 Å². The van der Waals surface area contributed by atoms with Crippen molar-refractivity contribution in [3.63, 3.8) is 0 Å². The maximum Gasteiger partial charge on any atom is 0.341 e. The molecule has 11 heteroatoms. The summed E-state index contributed by atoms with van der Waals surface area (Å²) < 4.78 is 14.6. The highest BCUT2D eigenvalue weighted by molar-refractivity contribution is 5.94. The zero-order valence-electron chi connectivity index (χ0n) is 24.6. The number of nitrogens with zero attached hydrogens (tertiary/aromatic N) is 7. The van der Waals surface area contributed by atoms with Crippen LogP contribution in [0.1, 0.15) is 65.5 Å². The Balaban J connectivity index is 1.44. The lowest BCUT2D eigenvalue weighted by Crippen LogP contribution is -2.32. The largest absolute Gasteiger partial charge is 0.471 e. The molecule has 0 saturated heterocycles. The van der Waals surface area contributed by atoms with Gasteiger partial charge in [0.05, 0.1) is 24.7 Å². The fourth-order valence-corrected chi connectivity index (χ4v) is 4.72. The van der Waals surface area contributed by atoms with Gasteiger partial charge in [0.2, 0.25) is 5.88 Å². The third-order valence-electron chi connectivity index (χ3n) is 6.77. The molecule has 0 saturated carbocycles. The van der Waals surface area contributed by atoms with Crippen LogP contribution in [0.4, 0.5) is 0 Å². The maximum atomic E-state index is 13.0. The van der Waals surface area contributed by atoms with Crippen molar-refractivity contribution < 1.29 is 19.1 Å². The van der Waals surface area contributed by atoms with E-state index in [2.05, 4.69) is 33.9 Å². The predicted octanol–water partition coefficient (Wildman–Crippen LogP) is 5.08. The lowest BCUT2D eigenvalue weighted by atomic mass is 10.1. The molecule has 0 aliphatic carbocycles. The number of carbonyl (C=O) groups excluding carboxylic acids is 2. The molecule has 3 aromatic heterocycles. The average Bonchev–Trinajstić information content (AvgIpc) is 3.69. The zero-order valence-corrected chi connectivity index (χ0v) is 24.6. The molecule has 2 aromatic carbocycles. The zero-order chi connectivity index (χ0) is 30.2. The van der Waals surface area contributed by atoms with Gasteiger partial charge in [0.1, 0.15) is 6.61 Å². The Morgan fingerprint density at radius 2 is 1.63 bits per heavy atom. The summed E-state index contributed by atoms with van der Waals surface area (Å²) in [4.78, 5) is 40.9. The summed E-state index contributed by atoms with van der Waals surface area (Å²) in [6.45, 7) is 8.40. The Labute approximate surface area is 250 Å². The maximum absolute atomic E-state index is 13.0. The lowest BCUT2D eigenvalue weighted by Gasteiger charge is -2.21. The van der Waals surface area contributed by atoms with E-state index in [4.69, 9.17) is 9.47 Å². The van der Waals surface area contributed by atoms with Crippen LogP contribution in [0, 0.1) is 0 Å². The Kier molecular flexibility index (Phi) is 9.40. The van der Waals surface area contributed by atoms with E-state index < -0.39 is 5.97 Å². The quantitative estimate of drug-likeness (QED) is 0.177. The summed E-state index contributed by atoms with van der Waals surface area (Å²) in [5.74, 6) is 0.112. The molecule has 0 atom stereocenters. The van der Waals surface area contributed by atoms with Crippen LogP contribution in [0.2, 0.25) is 0 Å². The van der Waals surface area contributed by atoms with Crippen molar-refractivity contribution in [2.24, 2.45) is 0 Å². The van der Waals surface area contributed by atoms with Crippen molar-refractivity contribution in [2.75, 3.05) is 19.7 Å². The van der Waals surface area contributed by atoms with Crippen molar-refractivity contribution >= 4 is 23.0 Å². The molecule has 0 spiro atoms. The molecule has 5 rings (SSSR count). The Morgan fingerprint density at radius 3 is 2.33 bits per heavy atom. The number of carbonyl (C=O) groups is 2. The number of ether oxygens (including phenoxy) is 2. The van der Waals surface area contributed by atoms with Crippen LogP contribution in [-0.2, 0) is 17.9 Å². The first-order chi connectivity index (χ1) is 21.0. The molecule has 0 fully saturated rings. The molecule has 222 valence electrons. The molecular weight excluding hydrogens is 546 g/mol. The highest BCUT2D eigenvalue weighted by Gasteiger charge is 2.19. The average molecular weight is 582 g/mol. The smallest absolute Gasteiger partial charge is 0.341 e. The first kappa shape index (κ1) is 29.4. The number of fused-ring (bicyclic) bond motifs is 1. The Hall–Kier alpha value is -5.06. The van der Waals surface area contributed by atoms with Crippen LogP contribution in [-0.4, -0.2) is 65.8 Å². The topological polar surface area (TPSA) is 117 Å². The van der Waals surface area contributed by atoms with Gasteiger partial charge in [-0.15, -0.1) is 0 Å². The molecule has 0 radical (unpaired) electrons. The number of benzene rings is 2. The van der Waals surface area contributed by atoms with Crippen LogP contribution in [0.25, 0.3) is 17.1 Å². The lowest BCUT2D eigenvalue weighted by molar-refractivity contribution is 0.0526. The predicted molar refractivity (Wildman–Crippen MR) is 161 cm³/mol. The molecule has 0 aliphatic heterocycles. The van der Waals surface area contributed by atoms with Crippen molar-refractivity contribution in [2.45, 2.75) is 46.8 Å². The summed E-state index contributed by atoms with van der Waals surface area (Å²) in [5.41, 5.74) is 3.96. The van der Waals surface area contributed by atoms with Gasteiger partial charge in [0, 0.05) is 31.4 Å². The van der Waals surface area contributed by atoms with Crippen LogP contribution in [0.15, 0.2) is 73.3 Å². The van der Waals surface area contributed by atoms with E-state index in [0.717, 1.165) is 37.1 Å². The summed E-state index contributed by atoms with van der Waals surface area (Å²) >= 11 is 0. The number of esters is 1. The van der Waals surface area contributed by atoms with Crippen LogP contribution < -0.4 is 4.74 Å². The first-order valence-electron chi connectivity index (χ1n) is 14.5. The van der Waals surface area contributed by atoms with Gasteiger partial charge in [0.15, 0.2) is 11.2 Å². The van der Waals surface area contributed by atoms with E-state index in [0.29, 0.717) is 29.2 Å². The normalized spacial score (nSPS) is 11.0. The molecule has 0 N–H and O–H groups in total. The number of rotatable bonds is 13. The molecule has 5 aromatic rings. The van der Waals surface area contributed by atoms with Crippen molar-refractivity contribution in [3.8, 4) is 11.8 Å².